The summed E-state index contributed by atoms with van der Waals surface area (Å²) in [4.78, 5) is 8.07. The van der Waals surface area contributed by atoms with Gasteiger partial charge in [0.05, 0.1) is 5.69 Å². The summed E-state index contributed by atoms with van der Waals surface area (Å²) in [6.45, 7) is 0.412. The molecule has 3 rings (SSSR count). The minimum atomic E-state index is -0.691. The molecule has 19 heavy (non-hydrogen) atoms. The average molecular weight is 255 g/mol. The van der Waals surface area contributed by atoms with Crippen LogP contribution in [0.15, 0.2) is 42.9 Å². The van der Waals surface area contributed by atoms with Crippen molar-refractivity contribution in [2.75, 3.05) is 6.54 Å². The monoisotopic (exact) mass is 255 g/mol. The number of rotatable bonds is 3. The van der Waals surface area contributed by atoms with Crippen LogP contribution in [-0.4, -0.2) is 21.6 Å². The number of aromatic nitrogens is 2. The number of benzene rings is 1. The molecule has 0 aliphatic heterocycles. The van der Waals surface area contributed by atoms with Crippen LogP contribution < -0.4 is 5.73 Å². The Morgan fingerprint density at radius 2 is 2.16 bits per heavy atom. The maximum Gasteiger partial charge on any atom is 0.115 e. The van der Waals surface area contributed by atoms with Gasteiger partial charge in [-0.25, -0.2) is 9.97 Å². The van der Waals surface area contributed by atoms with Gasteiger partial charge in [0.25, 0.3) is 0 Å². The second kappa shape index (κ2) is 4.72. The third kappa shape index (κ3) is 1.84. The molecule has 0 amide bonds. The van der Waals surface area contributed by atoms with Gasteiger partial charge in [0, 0.05) is 18.2 Å². The van der Waals surface area contributed by atoms with Gasteiger partial charge in [-0.2, -0.15) is 0 Å². The van der Waals surface area contributed by atoms with Crippen molar-refractivity contribution in [1.82, 2.24) is 9.97 Å². The summed E-state index contributed by atoms with van der Waals surface area (Å²) in [5, 5.41) is 10.7. The fourth-order valence-corrected chi connectivity index (χ4v) is 3.07. The largest absolute Gasteiger partial charge is 0.386 e. The zero-order valence-corrected chi connectivity index (χ0v) is 10.7. The third-order valence-corrected chi connectivity index (χ3v) is 4.17. The normalized spacial score (nSPS) is 23.1. The molecule has 0 bridgehead atoms. The summed E-state index contributed by atoms with van der Waals surface area (Å²) in [5.41, 5.74) is 8.66. The van der Waals surface area contributed by atoms with Crippen LogP contribution in [0.25, 0.3) is 0 Å². The molecule has 1 aromatic heterocycles. The molecule has 0 radical (unpaired) electrons. The van der Waals surface area contributed by atoms with E-state index < -0.39 is 11.5 Å². The Bertz CT molecular complexity index is 573. The summed E-state index contributed by atoms with van der Waals surface area (Å²) in [6, 6.07) is 9.96. The Labute approximate surface area is 112 Å². The van der Waals surface area contributed by atoms with Crippen LogP contribution in [0.2, 0.25) is 0 Å². The Hall–Kier alpha value is -1.78. The van der Waals surface area contributed by atoms with Crippen LogP contribution in [0, 0.1) is 0 Å². The molecule has 2 atom stereocenters. The maximum atomic E-state index is 10.7. The van der Waals surface area contributed by atoms with E-state index >= 15 is 0 Å². The second-order valence-corrected chi connectivity index (χ2v) is 5.05. The van der Waals surface area contributed by atoms with Gasteiger partial charge in [0.15, 0.2) is 0 Å². The van der Waals surface area contributed by atoms with Crippen molar-refractivity contribution in [3.63, 3.8) is 0 Å². The second-order valence-electron chi connectivity index (χ2n) is 5.05. The molecule has 0 fully saturated rings. The van der Waals surface area contributed by atoms with Gasteiger partial charge in [-0.05, 0) is 30.0 Å². The van der Waals surface area contributed by atoms with Crippen LogP contribution in [0.1, 0.15) is 29.3 Å². The molecule has 2 unspecified atom stereocenters. The smallest absolute Gasteiger partial charge is 0.115 e. The van der Waals surface area contributed by atoms with E-state index in [0.717, 1.165) is 18.4 Å². The summed E-state index contributed by atoms with van der Waals surface area (Å²) in [5.74, 6) is 0. The van der Waals surface area contributed by atoms with Crippen molar-refractivity contribution < 1.29 is 5.11 Å². The van der Waals surface area contributed by atoms with E-state index in [2.05, 4.69) is 22.1 Å². The van der Waals surface area contributed by atoms with Gasteiger partial charge in [-0.3, -0.25) is 0 Å². The summed E-state index contributed by atoms with van der Waals surface area (Å²) < 4.78 is 0. The molecule has 2 aromatic rings. The first kappa shape index (κ1) is 12.3. The molecule has 98 valence electrons. The van der Waals surface area contributed by atoms with Gasteiger partial charge >= 0.3 is 0 Å². The van der Waals surface area contributed by atoms with Crippen LogP contribution in [0.5, 0.6) is 0 Å². The highest BCUT2D eigenvalue weighted by Gasteiger charge is 2.44. The first-order chi connectivity index (χ1) is 9.28. The Morgan fingerprint density at radius 3 is 2.89 bits per heavy atom. The van der Waals surface area contributed by atoms with Crippen molar-refractivity contribution in [2.24, 2.45) is 5.73 Å². The molecule has 1 heterocycles. The fourth-order valence-electron chi connectivity index (χ4n) is 3.07. The zero-order chi connectivity index (χ0) is 13.3. The highest BCUT2D eigenvalue weighted by Crippen LogP contribution is 2.46. The van der Waals surface area contributed by atoms with Gasteiger partial charge in [0.2, 0.25) is 0 Å². The minimum absolute atomic E-state index is 0.412. The maximum absolute atomic E-state index is 10.7. The van der Waals surface area contributed by atoms with E-state index in [1.807, 2.05) is 12.1 Å². The van der Waals surface area contributed by atoms with E-state index in [-0.39, 0.29) is 0 Å². The molecule has 1 aliphatic rings. The molecule has 1 aliphatic carbocycles. The lowest BCUT2D eigenvalue weighted by Gasteiger charge is -2.33. The number of aliphatic hydroxyl groups is 1. The topological polar surface area (TPSA) is 72.0 Å². The minimum Gasteiger partial charge on any atom is -0.386 e. The Morgan fingerprint density at radius 1 is 1.32 bits per heavy atom. The number of aliphatic hydroxyl groups excluding tert-OH is 1. The molecule has 4 nitrogen and oxygen atoms in total. The molecule has 0 saturated heterocycles. The SMILES string of the molecule is NCC1(C(O)c2ccncn2)CCc2ccccc21. The lowest BCUT2D eigenvalue weighted by Crippen LogP contribution is -2.39. The van der Waals surface area contributed by atoms with E-state index in [1.54, 1.807) is 12.3 Å². The van der Waals surface area contributed by atoms with Crippen molar-refractivity contribution in [3.8, 4) is 0 Å². The molecule has 0 spiro atoms. The lowest BCUT2D eigenvalue weighted by atomic mass is 9.75. The Balaban J connectivity index is 2.06. The van der Waals surface area contributed by atoms with Crippen molar-refractivity contribution in [1.29, 1.82) is 0 Å². The lowest BCUT2D eigenvalue weighted by molar-refractivity contribution is 0.0800. The quantitative estimate of drug-likeness (QED) is 0.868. The van der Waals surface area contributed by atoms with Crippen molar-refractivity contribution >= 4 is 0 Å². The number of nitrogens with two attached hydrogens (primary N) is 1. The van der Waals surface area contributed by atoms with Crippen molar-refractivity contribution in [2.45, 2.75) is 24.4 Å². The van der Waals surface area contributed by atoms with Crippen LogP contribution in [0.3, 0.4) is 0 Å². The van der Waals surface area contributed by atoms with Gasteiger partial charge in [0.1, 0.15) is 12.4 Å². The van der Waals surface area contributed by atoms with Crippen LogP contribution in [0.4, 0.5) is 0 Å². The average Bonchev–Trinajstić information content (AvgIpc) is 2.87. The predicted molar refractivity (Wildman–Crippen MR) is 72.5 cm³/mol. The molecule has 1 aromatic carbocycles. The van der Waals surface area contributed by atoms with Gasteiger partial charge in [-0.1, -0.05) is 24.3 Å². The highest BCUT2D eigenvalue weighted by atomic mass is 16.3. The summed E-state index contributed by atoms with van der Waals surface area (Å²) >= 11 is 0. The highest BCUT2D eigenvalue weighted by molar-refractivity contribution is 5.42. The standard InChI is InChI=1S/C15H17N3O/c16-9-15(14(19)13-6-8-17-10-18-13)7-5-11-3-1-2-4-12(11)15/h1-4,6,8,10,14,19H,5,7,9,16H2. The van der Waals surface area contributed by atoms with Crippen LogP contribution in [-0.2, 0) is 11.8 Å². The fraction of sp³-hybridized carbons (Fsp3) is 0.333. The molecular formula is C15H17N3O. The molecule has 4 heteroatoms. The molecular weight excluding hydrogens is 238 g/mol. The number of fused-ring (bicyclic) bond motifs is 1. The number of hydrogen-bond acceptors (Lipinski definition) is 4. The molecule has 0 saturated carbocycles. The molecule has 3 N–H and O–H groups in total. The van der Waals surface area contributed by atoms with Crippen molar-refractivity contribution in [3.05, 3.63) is 59.7 Å². The number of hydrogen-bond donors (Lipinski definition) is 2. The summed E-state index contributed by atoms with van der Waals surface area (Å²) in [7, 11) is 0. The van der Waals surface area contributed by atoms with E-state index in [0.29, 0.717) is 12.2 Å². The van der Waals surface area contributed by atoms with Crippen LogP contribution >= 0.6 is 0 Å². The number of nitrogens with zero attached hydrogens (tertiary/aromatic N) is 2. The summed E-state index contributed by atoms with van der Waals surface area (Å²) in [6.07, 6.45) is 4.23. The zero-order valence-electron chi connectivity index (χ0n) is 10.7. The first-order valence-electron chi connectivity index (χ1n) is 6.50. The van der Waals surface area contributed by atoms with E-state index in [9.17, 15) is 5.11 Å². The predicted octanol–water partition coefficient (Wildman–Crippen LogP) is 1.35. The number of aryl methyl sites for hydroxylation is 1. The van der Waals surface area contributed by atoms with Gasteiger partial charge in [-0.15, -0.1) is 0 Å². The van der Waals surface area contributed by atoms with Gasteiger partial charge < -0.3 is 10.8 Å². The third-order valence-electron chi connectivity index (χ3n) is 4.17. The van der Waals surface area contributed by atoms with E-state index in [4.69, 9.17) is 5.73 Å². The first-order valence-corrected chi connectivity index (χ1v) is 6.50. The Kier molecular flexibility index (Phi) is 3.05. The van der Waals surface area contributed by atoms with E-state index in [1.165, 1.54) is 11.9 Å².